The molecule has 1 unspecified atom stereocenters. The van der Waals surface area contributed by atoms with Gasteiger partial charge in [0.2, 0.25) is 0 Å². The van der Waals surface area contributed by atoms with Crippen molar-refractivity contribution in [3.8, 4) is 17.6 Å². The van der Waals surface area contributed by atoms with Crippen molar-refractivity contribution in [2.45, 2.75) is 37.8 Å². The largest absolute Gasteiger partial charge is 0.493 e. The quantitative estimate of drug-likeness (QED) is 0.272. The molecule has 0 amide bonds. The minimum Gasteiger partial charge on any atom is -0.493 e. The van der Waals surface area contributed by atoms with Gasteiger partial charge in [-0.2, -0.15) is 18.4 Å². The van der Waals surface area contributed by atoms with E-state index in [2.05, 4.69) is 13.0 Å². The number of rotatable bonds is 11. The van der Waals surface area contributed by atoms with E-state index in [4.69, 9.17) is 14.7 Å². The van der Waals surface area contributed by atoms with Crippen molar-refractivity contribution in [3.05, 3.63) is 65.7 Å². The van der Waals surface area contributed by atoms with E-state index in [9.17, 15) is 13.2 Å². The molecule has 2 aromatic carbocycles. The van der Waals surface area contributed by atoms with Gasteiger partial charge < -0.3 is 9.47 Å². The molecule has 0 saturated heterocycles. The first-order chi connectivity index (χ1) is 14.8. The van der Waals surface area contributed by atoms with Crippen LogP contribution in [0.4, 0.5) is 13.2 Å². The van der Waals surface area contributed by atoms with Crippen molar-refractivity contribution in [2.75, 3.05) is 19.0 Å². The number of alkyl halides is 3. The molecule has 0 heterocycles. The number of nitrogens with zero attached hydrogens (tertiary/aromatic N) is 1. The molecule has 0 aliphatic carbocycles. The number of hydrogen-bond donors (Lipinski definition) is 0. The average Bonchev–Trinajstić information content (AvgIpc) is 2.74. The summed E-state index contributed by atoms with van der Waals surface area (Å²) >= 11 is 1.67. The number of halogens is 3. The van der Waals surface area contributed by atoms with Crippen LogP contribution in [0, 0.1) is 24.2 Å². The number of thioether (sulfide) groups is 1. The SMILES string of the molecule is CCCOc1ccc(SCC(C/C=C/C#N)COc2ccc(C(F)(F)F)cc2)cc1C. The number of benzene rings is 2. The summed E-state index contributed by atoms with van der Waals surface area (Å²) < 4.78 is 49.5. The molecule has 166 valence electrons. The molecular formula is C24H26F3NO2S. The van der Waals surface area contributed by atoms with Gasteiger partial charge in [-0.15, -0.1) is 11.8 Å². The van der Waals surface area contributed by atoms with Crippen LogP contribution >= 0.6 is 11.8 Å². The average molecular weight is 450 g/mol. The molecular weight excluding hydrogens is 423 g/mol. The van der Waals surface area contributed by atoms with Crippen LogP contribution in [-0.2, 0) is 6.18 Å². The minimum atomic E-state index is -4.37. The second-order valence-electron chi connectivity index (χ2n) is 7.05. The van der Waals surface area contributed by atoms with E-state index < -0.39 is 11.7 Å². The smallest absolute Gasteiger partial charge is 0.416 e. The predicted octanol–water partition coefficient (Wildman–Crippen LogP) is 7.06. The zero-order valence-electron chi connectivity index (χ0n) is 17.6. The summed E-state index contributed by atoms with van der Waals surface area (Å²) in [4.78, 5) is 1.10. The first-order valence-electron chi connectivity index (χ1n) is 10.0. The zero-order valence-corrected chi connectivity index (χ0v) is 18.4. The van der Waals surface area contributed by atoms with Crippen molar-refractivity contribution in [1.82, 2.24) is 0 Å². The van der Waals surface area contributed by atoms with E-state index in [0.29, 0.717) is 25.4 Å². The molecule has 1 atom stereocenters. The molecule has 0 aromatic heterocycles. The predicted molar refractivity (Wildman–Crippen MR) is 117 cm³/mol. The Hall–Kier alpha value is -2.59. The second-order valence-corrected chi connectivity index (χ2v) is 8.15. The fourth-order valence-electron chi connectivity index (χ4n) is 2.75. The van der Waals surface area contributed by atoms with Crippen LogP contribution in [0.5, 0.6) is 11.5 Å². The van der Waals surface area contributed by atoms with Gasteiger partial charge in [-0.25, -0.2) is 0 Å². The lowest BCUT2D eigenvalue weighted by molar-refractivity contribution is -0.137. The summed E-state index contributed by atoms with van der Waals surface area (Å²) in [7, 11) is 0. The van der Waals surface area contributed by atoms with Gasteiger partial charge in [-0.05, 0) is 67.8 Å². The van der Waals surface area contributed by atoms with Crippen molar-refractivity contribution < 1.29 is 22.6 Å². The highest BCUT2D eigenvalue weighted by molar-refractivity contribution is 7.99. The minimum absolute atomic E-state index is 0.0909. The van der Waals surface area contributed by atoms with Crippen molar-refractivity contribution in [3.63, 3.8) is 0 Å². The van der Waals surface area contributed by atoms with Crippen molar-refractivity contribution in [1.29, 1.82) is 5.26 Å². The Morgan fingerprint density at radius 2 is 1.87 bits per heavy atom. The monoisotopic (exact) mass is 449 g/mol. The van der Waals surface area contributed by atoms with Crippen LogP contribution in [0.2, 0.25) is 0 Å². The number of aryl methyl sites for hydroxylation is 1. The molecule has 0 aliphatic rings. The number of ether oxygens (including phenoxy) is 2. The molecule has 3 nitrogen and oxygen atoms in total. The lowest BCUT2D eigenvalue weighted by atomic mass is 10.1. The van der Waals surface area contributed by atoms with Gasteiger partial charge in [0, 0.05) is 22.6 Å². The van der Waals surface area contributed by atoms with Crippen LogP contribution in [0.15, 0.2) is 59.5 Å². The highest BCUT2D eigenvalue weighted by Gasteiger charge is 2.30. The fourth-order valence-corrected chi connectivity index (χ4v) is 3.84. The van der Waals surface area contributed by atoms with Crippen LogP contribution in [0.25, 0.3) is 0 Å². The standard InChI is InChI=1S/C24H26F3NO2S/c1-3-14-29-23-12-11-22(15-18(23)2)31-17-19(6-4-5-13-28)16-30-21-9-7-20(8-10-21)24(25,26)27/h4-5,7-12,15,19H,3,6,14,16-17H2,1-2H3/b5-4+. The van der Waals surface area contributed by atoms with Gasteiger partial charge >= 0.3 is 6.18 Å². The summed E-state index contributed by atoms with van der Waals surface area (Å²) in [5, 5.41) is 8.73. The molecule has 0 N–H and O–H groups in total. The highest BCUT2D eigenvalue weighted by Crippen LogP contribution is 2.31. The zero-order chi connectivity index (χ0) is 22.7. The summed E-state index contributed by atoms with van der Waals surface area (Å²) in [6.45, 7) is 5.09. The molecule has 7 heteroatoms. The first-order valence-corrected chi connectivity index (χ1v) is 11.0. The summed E-state index contributed by atoms with van der Waals surface area (Å²) in [6, 6.07) is 12.7. The maximum atomic E-state index is 12.7. The second kappa shape index (κ2) is 12.3. The third-order valence-corrected chi connectivity index (χ3v) is 5.65. The number of nitriles is 1. The summed E-state index contributed by atoms with van der Waals surface area (Å²) in [6.07, 6.45) is 0.438. The van der Waals surface area contributed by atoms with Gasteiger partial charge in [0.1, 0.15) is 11.5 Å². The van der Waals surface area contributed by atoms with E-state index in [1.54, 1.807) is 17.8 Å². The Morgan fingerprint density at radius 3 is 2.48 bits per heavy atom. The van der Waals surface area contributed by atoms with Crippen LogP contribution < -0.4 is 9.47 Å². The van der Waals surface area contributed by atoms with Gasteiger partial charge in [-0.3, -0.25) is 0 Å². The Morgan fingerprint density at radius 1 is 1.13 bits per heavy atom. The maximum Gasteiger partial charge on any atom is 0.416 e. The molecule has 0 aliphatic heterocycles. The van der Waals surface area contributed by atoms with Gasteiger partial charge in [0.25, 0.3) is 0 Å². The van der Waals surface area contributed by atoms with E-state index in [-0.39, 0.29) is 5.92 Å². The number of allylic oxidation sites excluding steroid dienone is 2. The maximum absolute atomic E-state index is 12.7. The molecule has 0 radical (unpaired) electrons. The van der Waals surface area contributed by atoms with E-state index in [1.807, 2.05) is 25.1 Å². The fraction of sp³-hybridized carbons (Fsp3) is 0.375. The third-order valence-electron chi connectivity index (χ3n) is 4.42. The molecule has 31 heavy (non-hydrogen) atoms. The van der Waals surface area contributed by atoms with Gasteiger partial charge in [0.05, 0.1) is 24.8 Å². The van der Waals surface area contributed by atoms with Crippen molar-refractivity contribution in [2.24, 2.45) is 5.92 Å². The lowest BCUT2D eigenvalue weighted by Crippen LogP contribution is -2.14. The molecule has 2 rings (SSSR count). The van der Waals surface area contributed by atoms with Gasteiger partial charge in [-0.1, -0.05) is 13.0 Å². The Kier molecular flexibility index (Phi) is 9.80. The van der Waals surface area contributed by atoms with Gasteiger partial charge in [0.15, 0.2) is 0 Å². The van der Waals surface area contributed by atoms with E-state index in [1.165, 1.54) is 18.2 Å². The van der Waals surface area contributed by atoms with Crippen LogP contribution in [0.1, 0.15) is 30.9 Å². The first kappa shape index (κ1) is 24.7. The van der Waals surface area contributed by atoms with Crippen LogP contribution in [-0.4, -0.2) is 19.0 Å². The summed E-state index contributed by atoms with van der Waals surface area (Å²) in [5.41, 5.74) is 0.367. The topological polar surface area (TPSA) is 42.2 Å². The van der Waals surface area contributed by atoms with E-state index >= 15 is 0 Å². The molecule has 0 fully saturated rings. The Labute approximate surface area is 185 Å². The normalized spacial score (nSPS) is 12.5. The molecule has 2 aromatic rings. The Balaban J connectivity index is 1.96. The third kappa shape index (κ3) is 8.58. The Bertz CT molecular complexity index is 889. The van der Waals surface area contributed by atoms with E-state index in [0.717, 1.165) is 40.5 Å². The van der Waals surface area contributed by atoms with Crippen molar-refractivity contribution >= 4 is 11.8 Å². The molecule has 0 saturated carbocycles. The lowest BCUT2D eigenvalue weighted by Gasteiger charge is -2.17. The van der Waals surface area contributed by atoms with Crippen LogP contribution in [0.3, 0.4) is 0 Å². The summed E-state index contributed by atoms with van der Waals surface area (Å²) in [5.74, 6) is 2.10. The highest BCUT2D eigenvalue weighted by atomic mass is 32.2. The molecule has 0 bridgehead atoms. The molecule has 0 spiro atoms. The number of hydrogen-bond acceptors (Lipinski definition) is 4.